The number of benzene rings is 1. The van der Waals surface area contributed by atoms with Crippen LogP contribution in [0.15, 0.2) is 46.6 Å². The summed E-state index contributed by atoms with van der Waals surface area (Å²) in [5.41, 5.74) is 1.38. The van der Waals surface area contributed by atoms with E-state index in [-0.39, 0.29) is 16.9 Å². The predicted molar refractivity (Wildman–Crippen MR) is 110 cm³/mol. The van der Waals surface area contributed by atoms with Crippen LogP contribution >= 0.6 is 11.3 Å². The van der Waals surface area contributed by atoms with E-state index in [2.05, 4.69) is 0 Å². The molecule has 0 saturated carbocycles. The van der Waals surface area contributed by atoms with Crippen molar-refractivity contribution in [2.45, 2.75) is 39.3 Å². The molecule has 150 valence electrons. The van der Waals surface area contributed by atoms with Crippen LogP contribution in [0, 0.1) is 5.82 Å². The van der Waals surface area contributed by atoms with Gasteiger partial charge in [0.2, 0.25) is 0 Å². The number of aromatic nitrogens is 1. The fourth-order valence-corrected chi connectivity index (χ4v) is 4.38. The molecular formula is C22H20FNO4S. The summed E-state index contributed by atoms with van der Waals surface area (Å²) in [4.78, 5) is 26.4. The lowest BCUT2D eigenvalue weighted by Gasteiger charge is -2.24. The van der Waals surface area contributed by atoms with Crippen LogP contribution in [0.25, 0.3) is 21.7 Å². The van der Waals surface area contributed by atoms with Crippen LogP contribution in [0.5, 0.6) is 5.75 Å². The summed E-state index contributed by atoms with van der Waals surface area (Å²) < 4.78 is 26.2. The molecule has 0 atom stereocenters. The molecule has 0 saturated heterocycles. The van der Waals surface area contributed by atoms with Gasteiger partial charge < -0.3 is 14.0 Å². The van der Waals surface area contributed by atoms with Gasteiger partial charge >= 0.3 is 6.16 Å². The number of hydrogen-bond donors (Lipinski definition) is 0. The number of rotatable bonds is 2. The second kappa shape index (κ2) is 7.15. The zero-order valence-electron chi connectivity index (χ0n) is 16.3. The Balaban J connectivity index is 1.89. The third kappa shape index (κ3) is 3.82. The SMILES string of the molecule is CC(C)(C)OC(=O)Oc1cc(-c2cccc(F)c2)c(=O)n2c1-c1sccc1CC2. The number of halogens is 1. The molecule has 1 aliphatic rings. The van der Waals surface area contributed by atoms with Gasteiger partial charge in [-0.05, 0) is 68.0 Å². The van der Waals surface area contributed by atoms with Crippen LogP contribution in [-0.4, -0.2) is 16.3 Å². The molecule has 4 rings (SSSR count). The Morgan fingerprint density at radius 2 is 2.00 bits per heavy atom. The predicted octanol–water partition coefficient (Wildman–Crippen LogP) is 5.25. The van der Waals surface area contributed by atoms with Gasteiger partial charge in [0.15, 0.2) is 5.75 Å². The quantitative estimate of drug-likeness (QED) is 0.538. The molecule has 0 amide bonds. The topological polar surface area (TPSA) is 57.5 Å². The van der Waals surface area contributed by atoms with E-state index in [1.807, 2.05) is 11.4 Å². The van der Waals surface area contributed by atoms with E-state index >= 15 is 0 Å². The average Bonchev–Trinajstić information content (AvgIpc) is 3.11. The van der Waals surface area contributed by atoms with Gasteiger partial charge in [-0.15, -0.1) is 11.3 Å². The first-order chi connectivity index (χ1) is 13.7. The maximum atomic E-state index is 13.8. The van der Waals surface area contributed by atoms with E-state index in [0.29, 0.717) is 24.2 Å². The highest BCUT2D eigenvalue weighted by Crippen LogP contribution is 2.40. The fourth-order valence-electron chi connectivity index (χ4n) is 3.36. The maximum absolute atomic E-state index is 13.8. The number of carbonyl (C=O) groups excluding carboxylic acids is 1. The lowest BCUT2D eigenvalue weighted by atomic mass is 10.0. The molecule has 0 unspecified atom stereocenters. The van der Waals surface area contributed by atoms with Crippen LogP contribution < -0.4 is 10.3 Å². The van der Waals surface area contributed by atoms with E-state index in [9.17, 15) is 14.0 Å². The first-order valence-electron chi connectivity index (χ1n) is 9.24. The lowest BCUT2D eigenvalue weighted by molar-refractivity contribution is 0.0206. The number of hydrogen-bond acceptors (Lipinski definition) is 5. The Kier molecular flexibility index (Phi) is 4.78. The van der Waals surface area contributed by atoms with E-state index in [4.69, 9.17) is 9.47 Å². The monoisotopic (exact) mass is 413 g/mol. The molecule has 0 aliphatic carbocycles. The summed E-state index contributed by atoms with van der Waals surface area (Å²) in [5.74, 6) is -0.221. The summed E-state index contributed by atoms with van der Waals surface area (Å²) in [6.07, 6.45) is -0.155. The van der Waals surface area contributed by atoms with Crippen LogP contribution in [0.2, 0.25) is 0 Å². The zero-order valence-corrected chi connectivity index (χ0v) is 17.1. The third-order valence-electron chi connectivity index (χ3n) is 4.54. The summed E-state index contributed by atoms with van der Waals surface area (Å²) >= 11 is 1.48. The Bertz CT molecular complexity index is 1160. The van der Waals surface area contributed by atoms with Crippen LogP contribution in [0.1, 0.15) is 26.3 Å². The summed E-state index contributed by atoms with van der Waals surface area (Å²) in [7, 11) is 0. The number of pyridine rings is 1. The lowest BCUT2D eigenvalue weighted by Crippen LogP contribution is -2.29. The van der Waals surface area contributed by atoms with Crippen LogP contribution in [0.4, 0.5) is 9.18 Å². The van der Waals surface area contributed by atoms with Gasteiger partial charge in [-0.2, -0.15) is 0 Å². The molecule has 5 nitrogen and oxygen atoms in total. The number of fused-ring (bicyclic) bond motifs is 3. The van der Waals surface area contributed by atoms with Crippen molar-refractivity contribution in [1.29, 1.82) is 0 Å². The van der Waals surface area contributed by atoms with Crippen molar-refractivity contribution in [1.82, 2.24) is 4.57 Å². The summed E-state index contributed by atoms with van der Waals surface area (Å²) in [5, 5.41) is 1.95. The van der Waals surface area contributed by atoms with Gasteiger partial charge in [0.25, 0.3) is 5.56 Å². The molecule has 0 spiro atoms. The van der Waals surface area contributed by atoms with Gasteiger partial charge in [-0.25, -0.2) is 9.18 Å². The van der Waals surface area contributed by atoms with E-state index in [1.165, 1.54) is 29.5 Å². The standard InChI is InChI=1S/C22H20FNO4S/c1-22(2,3)28-21(26)27-17-12-16(14-5-4-6-15(23)11-14)20(25)24-9-7-13-8-10-29-19(13)18(17)24/h4-6,8,10-12H,7,9H2,1-3H3. The number of aryl methyl sites for hydroxylation is 1. The molecule has 2 aromatic heterocycles. The minimum atomic E-state index is -0.854. The van der Waals surface area contributed by atoms with Crippen molar-refractivity contribution < 1.29 is 18.7 Å². The Hall–Kier alpha value is -2.93. The number of thiophene rings is 1. The number of nitrogens with zero attached hydrogens (tertiary/aromatic N) is 1. The third-order valence-corrected chi connectivity index (χ3v) is 5.50. The van der Waals surface area contributed by atoms with Crippen molar-refractivity contribution >= 4 is 17.5 Å². The first-order valence-corrected chi connectivity index (χ1v) is 10.1. The van der Waals surface area contributed by atoms with Gasteiger partial charge in [-0.1, -0.05) is 12.1 Å². The molecule has 1 aliphatic heterocycles. The zero-order chi connectivity index (χ0) is 20.8. The Morgan fingerprint density at radius 1 is 1.21 bits per heavy atom. The Labute approximate surface area is 171 Å². The largest absolute Gasteiger partial charge is 0.514 e. The summed E-state index contributed by atoms with van der Waals surface area (Å²) in [6.45, 7) is 5.68. The molecule has 0 bridgehead atoms. The first kappa shape index (κ1) is 19.4. The molecule has 3 aromatic rings. The molecule has 29 heavy (non-hydrogen) atoms. The smallest absolute Gasteiger partial charge is 0.428 e. The molecule has 7 heteroatoms. The van der Waals surface area contributed by atoms with Crippen molar-refractivity contribution in [3.05, 3.63) is 63.5 Å². The highest BCUT2D eigenvalue weighted by atomic mass is 32.1. The van der Waals surface area contributed by atoms with E-state index in [1.54, 1.807) is 37.5 Å². The molecule has 0 N–H and O–H groups in total. The maximum Gasteiger partial charge on any atom is 0.514 e. The highest BCUT2D eigenvalue weighted by molar-refractivity contribution is 7.13. The second-order valence-corrected chi connectivity index (χ2v) is 8.75. The van der Waals surface area contributed by atoms with Crippen molar-refractivity contribution in [3.8, 4) is 27.4 Å². The van der Waals surface area contributed by atoms with Crippen molar-refractivity contribution in [2.24, 2.45) is 0 Å². The minimum absolute atomic E-state index is 0.224. The summed E-state index contributed by atoms with van der Waals surface area (Å²) in [6, 6.07) is 9.31. The van der Waals surface area contributed by atoms with Gasteiger partial charge in [-0.3, -0.25) is 4.79 Å². The van der Waals surface area contributed by atoms with E-state index < -0.39 is 17.6 Å². The number of ether oxygens (including phenoxy) is 2. The molecule has 0 radical (unpaired) electrons. The Morgan fingerprint density at radius 3 is 2.72 bits per heavy atom. The van der Waals surface area contributed by atoms with Gasteiger partial charge in [0, 0.05) is 6.54 Å². The van der Waals surface area contributed by atoms with Gasteiger partial charge in [0.05, 0.1) is 10.4 Å². The second-order valence-electron chi connectivity index (χ2n) is 7.83. The van der Waals surface area contributed by atoms with Crippen LogP contribution in [-0.2, 0) is 17.7 Å². The van der Waals surface area contributed by atoms with Crippen molar-refractivity contribution in [2.75, 3.05) is 0 Å². The highest BCUT2D eigenvalue weighted by Gasteiger charge is 2.27. The van der Waals surface area contributed by atoms with Gasteiger partial charge in [0.1, 0.15) is 17.1 Å². The molecular weight excluding hydrogens is 393 g/mol. The fraction of sp³-hybridized carbons (Fsp3) is 0.273. The molecule has 3 heterocycles. The number of carbonyl (C=O) groups is 1. The van der Waals surface area contributed by atoms with Crippen LogP contribution in [0.3, 0.4) is 0 Å². The molecule has 1 aromatic carbocycles. The molecule has 0 fully saturated rings. The normalized spacial score (nSPS) is 12.8. The minimum Gasteiger partial charge on any atom is -0.428 e. The van der Waals surface area contributed by atoms with Crippen molar-refractivity contribution in [3.63, 3.8) is 0 Å². The average molecular weight is 413 g/mol. The van der Waals surface area contributed by atoms with E-state index in [0.717, 1.165) is 10.4 Å².